The van der Waals surface area contributed by atoms with Gasteiger partial charge in [0.2, 0.25) is 5.91 Å². The molecule has 0 bridgehead atoms. The molecule has 2 heterocycles. The van der Waals surface area contributed by atoms with Gasteiger partial charge < -0.3 is 5.11 Å². The van der Waals surface area contributed by atoms with E-state index in [1.54, 1.807) is 5.06 Å². The molecule has 2 aliphatic heterocycles. The van der Waals surface area contributed by atoms with Crippen molar-refractivity contribution in [3.05, 3.63) is 96.1 Å². The van der Waals surface area contributed by atoms with Crippen LogP contribution in [-0.2, 0) is 14.4 Å². The van der Waals surface area contributed by atoms with Crippen LogP contribution in [0.1, 0.15) is 22.0 Å². The molecule has 3 atom stereocenters. The lowest BCUT2D eigenvalue weighted by atomic mass is 9.90. The summed E-state index contributed by atoms with van der Waals surface area (Å²) in [4.78, 5) is 44.9. The van der Waals surface area contributed by atoms with Gasteiger partial charge in [0, 0.05) is 0 Å². The quantitative estimate of drug-likeness (QED) is 0.658. The van der Waals surface area contributed by atoms with Crippen molar-refractivity contribution < 1.29 is 24.3 Å². The molecule has 3 aromatic carbocycles. The smallest absolute Gasteiger partial charge is 0.335 e. The molecule has 0 spiro atoms. The van der Waals surface area contributed by atoms with Crippen molar-refractivity contribution >= 4 is 29.2 Å². The molecule has 7 heteroatoms. The average molecular weight is 414 g/mol. The third kappa shape index (κ3) is 3.06. The number of carbonyl (C=O) groups excluding carboxylic acids is 2. The van der Waals surface area contributed by atoms with Gasteiger partial charge >= 0.3 is 5.97 Å². The van der Waals surface area contributed by atoms with E-state index in [0.29, 0.717) is 5.69 Å². The summed E-state index contributed by atoms with van der Waals surface area (Å²) in [5.41, 5.74) is 2.03. The van der Waals surface area contributed by atoms with Crippen LogP contribution >= 0.6 is 0 Å². The van der Waals surface area contributed by atoms with E-state index in [2.05, 4.69) is 0 Å². The molecule has 0 aliphatic carbocycles. The highest BCUT2D eigenvalue weighted by molar-refractivity contribution is 6.24. The SMILES string of the molecule is O=C(O)c1ccc(N2C(=O)[C@@H]3[C@@H](c4ccccc4)N(c4ccccc4)O[C@H]3C2=O)cc1. The second-order valence-corrected chi connectivity index (χ2v) is 7.43. The predicted molar refractivity (Wildman–Crippen MR) is 112 cm³/mol. The molecule has 2 fully saturated rings. The first-order valence-corrected chi connectivity index (χ1v) is 9.83. The normalized spacial score (nSPS) is 22.6. The fourth-order valence-corrected chi connectivity index (χ4v) is 4.21. The molecule has 1 N–H and O–H groups in total. The molecule has 0 unspecified atom stereocenters. The minimum absolute atomic E-state index is 0.0803. The van der Waals surface area contributed by atoms with Gasteiger partial charge in [0.1, 0.15) is 5.92 Å². The Morgan fingerprint density at radius 2 is 1.39 bits per heavy atom. The Labute approximate surface area is 178 Å². The molecule has 2 saturated heterocycles. The number of amides is 2. The first kappa shape index (κ1) is 19.0. The Bertz CT molecular complexity index is 1150. The highest BCUT2D eigenvalue weighted by Crippen LogP contribution is 2.47. The minimum Gasteiger partial charge on any atom is -0.478 e. The Hall–Kier alpha value is -3.97. The van der Waals surface area contributed by atoms with Gasteiger partial charge in [-0.3, -0.25) is 14.4 Å². The van der Waals surface area contributed by atoms with Gasteiger partial charge in [0.15, 0.2) is 6.10 Å². The van der Waals surface area contributed by atoms with Gasteiger partial charge in [-0.2, -0.15) is 0 Å². The molecule has 154 valence electrons. The van der Waals surface area contributed by atoms with E-state index in [1.165, 1.54) is 24.3 Å². The van der Waals surface area contributed by atoms with E-state index in [-0.39, 0.29) is 11.5 Å². The van der Waals surface area contributed by atoms with E-state index in [4.69, 9.17) is 9.94 Å². The van der Waals surface area contributed by atoms with Crippen molar-refractivity contribution in [3.63, 3.8) is 0 Å². The van der Waals surface area contributed by atoms with Gasteiger partial charge in [0.25, 0.3) is 5.91 Å². The maximum Gasteiger partial charge on any atom is 0.335 e. The van der Waals surface area contributed by atoms with Crippen LogP contribution in [0.4, 0.5) is 11.4 Å². The van der Waals surface area contributed by atoms with Crippen LogP contribution in [0.5, 0.6) is 0 Å². The van der Waals surface area contributed by atoms with Gasteiger partial charge in [-0.25, -0.2) is 14.8 Å². The van der Waals surface area contributed by atoms with E-state index in [1.807, 2.05) is 60.7 Å². The minimum atomic E-state index is -1.08. The molecule has 7 nitrogen and oxygen atoms in total. The number of carboxylic acids is 1. The fourth-order valence-electron chi connectivity index (χ4n) is 4.21. The van der Waals surface area contributed by atoms with Gasteiger partial charge in [0.05, 0.1) is 23.0 Å². The summed E-state index contributed by atoms with van der Waals surface area (Å²) in [7, 11) is 0. The second kappa shape index (κ2) is 7.37. The Kier molecular flexibility index (Phi) is 4.52. The molecule has 0 radical (unpaired) electrons. The van der Waals surface area contributed by atoms with Crippen LogP contribution in [0.15, 0.2) is 84.9 Å². The van der Waals surface area contributed by atoms with Crippen LogP contribution < -0.4 is 9.96 Å². The number of hydrogen-bond acceptors (Lipinski definition) is 5. The predicted octanol–water partition coefficient (Wildman–Crippen LogP) is 3.44. The largest absolute Gasteiger partial charge is 0.478 e. The lowest BCUT2D eigenvalue weighted by Crippen LogP contribution is -2.37. The maximum atomic E-state index is 13.5. The summed E-state index contributed by atoms with van der Waals surface area (Å²) in [6, 6.07) is 24.0. The topological polar surface area (TPSA) is 87.2 Å². The highest BCUT2D eigenvalue weighted by Gasteiger charge is 2.60. The zero-order chi connectivity index (χ0) is 21.5. The molecule has 0 aromatic heterocycles. The second-order valence-electron chi connectivity index (χ2n) is 7.43. The van der Waals surface area contributed by atoms with Crippen molar-refractivity contribution in [1.29, 1.82) is 0 Å². The number of benzene rings is 3. The average Bonchev–Trinajstić information content (AvgIpc) is 3.31. The van der Waals surface area contributed by atoms with Gasteiger partial charge in [-0.1, -0.05) is 48.5 Å². The van der Waals surface area contributed by atoms with E-state index in [0.717, 1.165) is 16.2 Å². The molecule has 2 aliphatic rings. The number of imide groups is 1. The number of carboxylic acid groups (broad SMARTS) is 1. The zero-order valence-corrected chi connectivity index (χ0v) is 16.3. The summed E-state index contributed by atoms with van der Waals surface area (Å²) >= 11 is 0. The Morgan fingerprint density at radius 1 is 0.774 bits per heavy atom. The highest BCUT2D eigenvalue weighted by atomic mass is 16.7. The van der Waals surface area contributed by atoms with Crippen LogP contribution in [0, 0.1) is 5.92 Å². The third-order valence-corrected chi connectivity index (χ3v) is 5.64. The molecular formula is C24H18N2O5. The summed E-state index contributed by atoms with van der Waals surface area (Å²) in [6.07, 6.45) is -0.961. The van der Waals surface area contributed by atoms with Crippen molar-refractivity contribution in [1.82, 2.24) is 0 Å². The first-order chi connectivity index (χ1) is 15.1. The summed E-state index contributed by atoms with van der Waals surface area (Å²) in [5, 5.41) is 10.7. The van der Waals surface area contributed by atoms with Crippen LogP contribution in [-0.4, -0.2) is 29.0 Å². The van der Waals surface area contributed by atoms with Gasteiger partial charge in [-0.05, 0) is 42.0 Å². The number of hydrogen-bond donors (Lipinski definition) is 1. The van der Waals surface area contributed by atoms with E-state index < -0.39 is 29.9 Å². The number of aromatic carboxylic acids is 1. The van der Waals surface area contributed by atoms with Crippen LogP contribution in [0.3, 0.4) is 0 Å². The zero-order valence-electron chi connectivity index (χ0n) is 16.3. The van der Waals surface area contributed by atoms with E-state index in [9.17, 15) is 14.4 Å². The standard InChI is InChI=1S/C24H18N2O5/c27-22-19-20(15-7-3-1-4-8-15)26(18-9-5-2-6-10-18)31-21(19)23(28)25(22)17-13-11-16(12-14-17)24(29)30/h1-14,19-21H,(H,29,30)/t19-,20-,21-/m1/s1. The monoisotopic (exact) mass is 414 g/mol. The molecule has 31 heavy (non-hydrogen) atoms. The van der Waals surface area contributed by atoms with Crippen LogP contribution in [0.2, 0.25) is 0 Å². The number of rotatable bonds is 4. The number of nitrogens with zero attached hydrogens (tertiary/aromatic N) is 2. The summed E-state index contributed by atoms with van der Waals surface area (Å²) in [5.74, 6) is -2.63. The first-order valence-electron chi connectivity index (χ1n) is 9.83. The summed E-state index contributed by atoms with van der Waals surface area (Å²) < 4.78 is 0. The Morgan fingerprint density at radius 3 is 2.00 bits per heavy atom. The number of para-hydroxylation sites is 1. The van der Waals surface area contributed by atoms with Crippen molar-refractivity contribution in [2.45, 2.75) is 12.1 Å². The Balaban J connectivity index is 1.54. The van der Waals surface area contributed by atoms with Crippen molar-refractivity contribution in [2.75, 3.05) is 9.96 Å². The molecule has 3 aromatic rings. The van der Waals surface area contributed by atoms with Gasteiger partial charge in [-0.15, -0.1) is 0 Å². The summed E-state index contributed by atoms with van der Waals surface area (Å²) in [6.45, 7) is 0. The molecule has 5 rings (SSSR count). The maximum absolute atomic E-state index is 13.5. The number of fused-ring (bicyclic) bond motifs is 1. The van der Waals surface area contributed by atoms with Crippen molar-refractivity contribution in [2.24, 2.45) is 5.92 Å². The fraction of sp³-hybridized carbons (Fsp3) is 0.125. The third-order valence-electron chi connectivity index (χ3n) is 5.64. The number of anilines is 2. The molecule has 0 saturated carbocycles. The number of hydroxylamine groups is 1. The van der Waals surface area contributed by atoms with E-state index >= 15 is 0 Å². The number of carbonyl (C=O) groups is 3. The molecule has 2 amide bonds. The van der Waals surface area contributed by atoms with Crippen LogP contribution in [0.25, 0.3) is 0 Å². The lowest BCUT2D eigenvalue weighted by Gasteiger charge is -2.28. The lowest BCUT2D eigenvalue weighted by molar-refractivity contribution is -0.126. The van der Waals surface area contributed by atoms with Crippen molar-refractivity contribution in [3.8, 4) is 0 Å². The molecular weight excluding hydrogens is 396 g/mol.